The van der Waals surface area contributed by atoms with Gasteiger partial charge < -0.3 is 5.73 Å². The van der Waals surface area contributed by atoms with Crippen molar-refractivity contribution in [1.82, 2.24) is 0 Å². The van der Waals surface area contributed by atoms with Crippen LogP contribution >= 0.6 is 0 Å². The molecule has 1 aliphatic carbocycles. The first-order valence-electron chi connectivity index (χ1n) is 4.10. The van der Waals surface area contributed by atoms with Crippen LogP contribution in [0.25, 0.3) is 0 Å². The van der Waals surface area contributed by atoms with Crippen LogP contribution in [-0.4, -0.2) is 12.2 Å². The number of alkyl halides is 1. The van der Waals surface area contributed by atoms with Gasteiger partial charge in [-0.25, -0.2) is 4.39 Å². The van der Waals surface area contributed by atoms with Crippen molar-refractivity contribution in [2.75, 3.05) is 0 Å². The van der Waals surface area contributed by atoms with Gasteiger partial charge in [0, 0.05) is 6.04 Å². The summed E-state index contributed by atoms with van der Waals surface area (Å²) in [7, 11) is 0. The summed E-state index contributed by atoms with van der Waals surface area (Å²) < 4.78 is 12.7. The van der Waals surface area contributed by atoms with Crippen molar-refractivity contribution in [1.29, 1.82) is 0 Å². The Morgan fingerprint density at radius 1 is 1.50 bits per heavy atom. The molecule has 0 saturated heterocycles. The van der Waals surface area contributed by atoms with E-state index in [1.54, 1.807) is 6.92 Å². The minimum absolute atomic E-state index is 0.240. The molecule has 60 valence electrons. The molecule has 0 aromatic heterocycles. The fourth-order valence-corrected chi connectivity index (χ4v) is 1.68. The minimum Gasteiger partial charge on any atom is -0.328 e. The first-order chi connectivity index (χ1) is 4.70. The summed E-state index contributed by atoms with van der Waals surface area (Å²) in [6.45, 7) is 1.64. The Balaban J connectivity index is 2.32. The van der Waals surface area contributed by atoms with E-state index in [1.165, 1.54) is 0 Å². The SMILES string of the molecule is CC(F)C1CCCC(N)C1. The summed E-state index contributed by atoms with van der Waals surface area (Å²) in [6, 6.07) is 0.261. The van der Waals surface area contributed by atoms with Crippen molar-refractivity contribution in [3.8, 4) is 0 Å². The predicted octanol–water partition coefficient (Wildman–Crippen LogP) is 1.86. The predicted molar refractivity (Wildman–Crippen MR) is 40.5 cm³/mol. The number of halogens is 1. The van der Waals surface area contributed by atoms with Crippen molar-refractivity contribution in [3.05, 3.63) is 0 Å². The molecule has 1 fully saturated rings. The first-order valence-corrected chi connectivity index (χ1v) is 4.10. The van der Waals surface area contributed by atoms with Crippen molar-refractivity contribution < 1.29 is 4.39 Å². The monoisotopic (exact) mass is 145 g/mol. The highest BCUT2D eigenvalue weighted by atomic mass is 19.1. The van der Waals surface area contributed by atoms with E-state index in [0.717, 1.165) is 25.7 Å². The Bertz CT molecular complexity index is 103. The van der Waals surface area contributed by atoms with Gasteiger partial charge >= 0.3 is 0 Å². The molecule has 0 aromatic rings. The maximum absolute atomic E-state index is 12.7. The summed E-state index contributed by atoms with van der Waals surface area (Å²) in [5.74, 6) is 0.240. The van der Waals surface area contributed by atoms with Gasteiger partial charge in [-0.1, -0.05) is 6.42 Å². The third-order valence-corrected chi connectivity index (χ3v) is 2.40. The molecule has 0 aliphatic heterocycles. The molecular weight excluding hydrogens is 129 g/mol. The fraction of sp³-hybridized carbons (Fsp3) is 1.00. The molecule has 1 saturated carbocycles. The van der Waals surface area contributed by atoms with E-state index in [2.05, 4.69) is 0 Å². The lowest BCUT2D eigenvalue weighted by Gasteiger charge is -2.27. The minimum atomic E-state index is -0.661. The zero-order valence-electron chi connectivity index (χ0n) is 6.52. The lowest BCUT2D eigenvalue weighted by atomic mass is 9.84. The first kappa shape index (κ1) is 7.99. The van der Waals surface area contributed by atoms with Crippen molar-refractivity contribution in [2.24, 2.45) is 11.7 Å². The third-order valence-electron chi connectivity index (χ3n) is 2.40. The average Bonchev–Trinajstić information content (AvgIpc) is 1.88. The van der Waals surface area contributed by atoms with Gasteiger partial charge in [0.2, 0.25) is 0 Å². The van der Waals surface area contributed by atoms with E-state index in [1.807, 2.05) is 0 Å². The van der Waals surface area contributed by atoms with Gasteiger partial charge in [0.05, 0.1) is 0 Å². The number of rotatable bonds is 1. The molecule has 3 unspecified atom stereocenters. The topological polar surface area (TPSA) is 26.0 Å². The lowest BCUT2D eigenvalue weighted by Crippen LogP contribution is -2.31. The van der Waals surface area contributed by atoms with Crippen LogP contribution in [0.3, 0.4) is 0 Å². The highest BCUT2D eigenvalue weighted by Crippen LogP contribution is 2.26. The van der Waals surface area contributed by atoms with Crippen molar-refractivity contribution >= 4 is 0 Å². The standard InChI is InChI=1S/C8H16FN/c1-6(9)7-3-2-4-8(10)5-7/h6-8H,2-5,10H2,1H3. The van der Waals surface area contributed by atoms with Gasteiger partial charge in [-0.2, -0.15) is 0 Å². The second kappa shape index (κ2) is 3.33. The van der Waals surface area contributed by atoms with Crippen LogP contribution < -0.4 is 5.73 Å². The quantitative estimate of drug-likeness (QED) is 0.598. The van der Waals surface area contributed by atoms with Crippen LogP contribution in [0.15, 0.2) is 0 Å². The van der Waals surface area contributed by atoms with Crippen molar-refractivity contribution in [3.63, 3.8) is 0 Å². The molecule has 0 bridgehead atoms. The zero-order chi connectivity index (χ0) is 7.56. The van der Waals surface area contributed by atoms with Crippen molar-refractivity contribution in [2.45, 2.75) is 44.8 Å². The molecule has 0 amide bonds. The summed E-state index contributed by atoms with van der Waals surface area (Å²) in [6.07, 6.45) is 3.46. The molecule has 10 heavy (non-hydrogen) atoms. The highest BCUT2D eigenvalue weighted by molar-refractivity contribution is 4.77. The molecule has 0 spiro atoms. The van der Waals surface area contributed by atoms with Crippen LogP contribution in [-0.2, 0) is 0 Å². The number of nitrogens with two attached hydrogens (primary N) is 1. The Hall–Kier alpha value is -0.110. The molecular formula is C8H16FN. The molecule has 1 aliphatic rings. The van der Waals surface area contributed by atoms with Gasteiger partial charge in [-0.15, -0.1) is 0 Å². The Morgan fingerprint density at radius 3 is 2.60 bits per heavy atom. The average molecular weight is 145 g/mol. The van der Waals surface area contributed by atoms with E-state index in [4.69, 9.17) is 5.73 Å². The largest absolute Gasteiger partial charge is 0.328 e. The van der Waals surface area contributed by atoms with Gasteiger partial charge in [-0.05, 0) is 32.1 Å². The second-order valence-corrected chi connectivity index (χ2v) is 3.36. The maximum atomic E-state index is 12.7. The van der Waals surface area contributed by atoms with Crippen LogP contribution in [0.1, 0.15) is 32.6 Å². The van der Waals surface area contributed by atoms with Gasteiger partial charge in [0.1, 0.15) is 6.17 Å². The number of hydrogen-bond donors (Lipinski definition) is 1. The molecule has 2 N–H and O–H groups in total. The van der Waals surface area contributed by atoms with Crippen LogP contribution in [0.5, 0.6) is 0 Å². The van der Waals surface area contributed by atoms with Crippen LogP contribution in [0.2, 0.25) is 0 Å². The molecule has 0 aromatic carbocycles. The lowest BCUT2D eigenvalue weighted by molar-refractivity contribution is 0.185. The molecule has 1 nitrogen and oxygen atoms in total. The van der Waals surface area contributed by atoms with Crippen LogP contribution in [0.4, 0.5) is 4.39 Å². The Morgan fingerprint density at radius 2 is 2.20 bits per heavy atom. The van der Waals surface area contributed by atoms with E-state index in [0.29, 0.717) is 0 Å². The summed E-state index contributed by atoms with van der Waals surface area (Å²) in [5, 5.41) is 0. The van der Waals surface area contributed by atoms with E-state index >= 15 is 0 Å². The molecule has 3 atom stereocenters. The smallest absolute Gasteiger partial charge is 0.100 e. The summed E-state index contributed by atoms with van der Waals surface area (Å²) in [4.78, 5) is 0. The third kappa shape index (κ3) is 1.94. The molecule has 0 heterocycles. The van der Waals surface area contributed by atoms with Crippen LogP contribution in [0, 0.1) is 5.92 Å². The normalized spacial score (nSPS) is 37.5. The van der Waals surface area contributed by atoms with E-state index in [-0.39, 0.29) is 12.0 Å². The van der Waals surface area contributed by atoms with Gasteiger partial charge in [0.15, 0.2) is 0 Å². The van der Waals surface area contributed by atoms with E-state index in [9.17, 15) is 4.39 Å². The fourth-order valence-electron chi connectivity index (χ4n) is 1.68. The molecule has 0 radical (unpaired) electrons. The maximum Gasteiger partial charge on any atom is 0.100 e. The highest BCUT2D eigenvalue weighted by Gasteiger charge is 2.23. The molecule has 1 rings (SSSR count). The second-order valence-electron chi connectivity index (χ2n) is 3.36. The molecule has 2 heteroatoms. The summed E-state index contributed by atoms with van der Waals surface area (Å²) in [5.41, 5.74) is 5.70. The summed E-state index contributed by atoms with van der Waals surface area (Å²) >= 11 is 0. The number of hydrogen-bond acceptors (Lipinski definition) is 1. The van der Waals surface area contributed by atoms with E-state index < -0.39 is 6.17 Å². The Labute approximate surface area is 61.8 Å². The van der Waals surface area contributed by atoms with Gasteiger partial charge in [-0.3, -0.25) is 0 Å². The van der Waals surface area contributed by atoms with Gasteiger partial charge in [0.25, 0.3) is 0 Å². The Kier molecular flexibility index (Phi) is 2.66. The zero-order valence-corrected chi connectivity index (χ0v) is 6.52.